The van der Waals surface area contributed by atoms with Crippen LogP contribution in [0.25, 0.3) is 0 Å². The van der Waals surface area contributed by atoms with E-state index in [1.165, 1.54) is 4.90 Å². The number of anilines is 1. The van der Waals surface area contributed by atoms with Gasteiger partial charge in [-0.2, -0.15) is 0 Å². The molecule has 0 aliphatic carbocycles. The summed E-state index contributed by atoms with van der Waals surface area (Å²) in [7, 11) is 0. The van der Waals surface area contributed by atoms with Crippen LogP contribution in [-0.2, 0) is 4.79 Å². The lowest BCUT2D eigenvalue weighted by molar-refractivity contribution is -0.114. The number of Topliss-reactive ketones (excluding diaryl/α,β-unsaturated/α-hetero) is 1. The van der Waals surface area contributed by atoms with Crippen molar-refractivity contribution >= 4 is 17.4 Å². The number of nitrogens with zero attached hydrogens (tertiary/aromatic N) is 1. The molecule has 1 aromatic carbocycles. The van der Waals surface area contributed by atoms with E-state index in [2.05, 4.69) is 6.58 Å². The first-order chi connectivity index (χ1) is 7.25. The van der Waals surface area contributed by atoms with Gasteiger partial charge in [0.2, 0.25) is 0 Å². The molecule has 2 rings (SSSR count). The van der Waals surface area contributed by atoms with Crippen molar-refractivity contribution in [3.63, 3.8) is 0 Å². The second-order valence-corrected chi connectivity index (χ2v) is 3.38. The van der Waals surface area contributed by atoms with Crippen molar-refractivity contribution in [3.05, 3.63) is 42.5 Å². The van der Waals surface area contributed by atoms with Crippen molar-refractivity contribution in [1.29, 1.82) is 0 Å². The van der Waals surface area contributed by atoms with Crippen molar-refractivity contribution in [1.82, 2.24) is 0 Å². The Bertz CT molecular complexity index is 437. The summed E-state index contributed by atoms with van der Waals surface area (Å²) < 4.78 is 0. The summed E-state index contributed by atoms with van der Waals surface area (Å²) in [6.07, 6.45) is 2.42. The van der Waals surface area contributed by atoms with Crippen molar-refractivity contribution in [2.24, 2.45) is 0 Å². The maximum Gasteiger partial charge on any atom is 0.299 e. The number of para-hydroxylation sites is 1. The molecule has 15 heavy (non-hydrogen) atoms. The van der Waals surface area contributed by atoms with Crippen LogP contribution in [0.1, 0.15) is 16.8 Å². The molecule has 0 spiro atoms. The predicted molar refractivity (Wildman–Crippen MR) is 57.9 cm³/mol. The Morgan fingerprint density at radius 3 is 2.73 bits per heavy atom. The first kappa shape index (κ1) is 9.65. The number of rotatable bonds is 3. The van der Waals surface area contributed by atoms with E-state index in [1.807, 2.05) is 6.07 Å². The van der Waals surface area contributed by atoms with Crippen LogP contribution in [0.5, 0.6) is 0 Å². The zero-order chi connectivity index (χ0) is 10.8. The highest BCUT2D eigenvalue weighted by Gasteiger charge is 2.34. The van der Waals surface area contributed by atoms with Gasteiger partial charge in [0.1, 0.15) is 0 Å². The van der Waals surface area contributed by atoms with E-state index in [4.69, 9.17) is 0 Å². The zero-order valence-electron chi connectivity index (χ0n) is 8.27. The normalized spacial score (nSPS) is 14.3. The predicted octanol–water partition coefficient (Wildman–Crippen LogP) is 1.79. The highest BCUT2D eigenvalue weighted by Crippen LogP contribution is 2.28. The number of benzene rings is 1. The molecule has 1 aliphatic heterocycles. The van der Waals surface area contributed by atoms with Crippen molar-refractivity contribution in [2.75, 3.05) is 11.4 Å². The molecule has 3 heteroatoms. The van der Waals surface area contributed by atoms with Crippen molar-refractivity contribution in [2.45, 2.75) is 6.42 Å². The van der Waals surface area contributed by atoms with Gasteiger partial charge in [-0.15, -0.1) is 6.58 Å². The smallest absolute Gasteiger partial charge is 0.299 e. The van der Waals surface area contributed by atoms with E-state index in [9.17, 15) is 9.59 Å². The topological polar surface area (TPSA) is 37.4 Å². The fourth-order valence-corrected chi connectivity index (χ4v) is 1.69. The lowest BCUT2D eigenvalue weighted by Crippen LogP contribution is -2.30. The summed E-state index contributed by atoms with van der Waals surface area (Å²) in [6, 6.07) is 7.07. The van der Waals surface area contributed by atoms with Gasteiger partial charge in [-0.25, -0.2) is 0 Å². The third-order valence-electron chi connectivity index (χ3n) is 2.44. The Labute approximate surface area is 88.0 Å². The van der Waals surface area contributed by atoms with Crippen LogP contribution < -0.4 is 4.90 Å². The number of amides is 1. The minimum Gasteiger partial charge on any atom is -0.304 e. The number of carbonyl (C=O) groups excluding carboxylic acids is 2. The van der Waals surface area contributed by atoms with Gasteiger partial charge in [0, 0.05) is 6.54 Å². The molecule has 1 aliphatic rings. The molecular formula is C12H11NO2. The van der Waals surface area contributed by atoms with Gasteiger partial charge in [0.05, 0.1) is 11.3 Å². The highest BCUT2D eigenvalue weighted by atomic mass is 16.2. The average molecular weight is 201 g/mol. The number of hydrogen-bond acceptors (Lipinski definition) is 2. The van der Waals surface area contributed by atoms with Crippen molar-refractivity contribution in [3.8, 4) is 0 Å². The van der Waals surface area contributed by atoms with E-state index in [0.29, 0.717) is 24.2 Å². The second-order valence-electron chi connectivity index (χ2n) is 3.38. The van der Waals surface area contributed by atoms with Gasteiger partial charge in [-0.3, -0.25) is 9.59 Å². The summed E-state index contributed by atoms with van der Waals surface area (Å²) >= 11 is 0. The molecule has 1 aromatic rings. The largest absolute Gasteiger partial charge is 0.304 e. The van der Waals surface area contributed by atoms with Gasteiger partial charge >= 0.3 is 0 Å². The van der Waals surface area contributed by atoms with Gasteiger partial charge in [-0.1, -0.05) is 18.2 Å². The second kappa shape index (κ2) is 3.69. The summed E-state index contributed by atoms with van der Waals surface area (Å²) in [4.78, 5) is 24.7. The lowest BCUT2D eigenvalue weighted by atomic mass is 10.1. The van der Waals surface area contributed by atoms with Crippen LogP contribution in [0, 0.1) is 0 Å². The minimum absolute atomic E-state index is 0.408. The number of fused-ring (bicyclic) bond motifs is 1. The third kappa shape index (κ3) is 1.46. The summed E-state index contributed by atoms with van der Waals surface area (Å²) in [5.41, 5.74) is 1.22. The van der Waals surface area contributed by atoms with Crippen LogP contribution in [0.3, 0.4) is 0 Å². The molecule has 3 nitrogen and oxygen atoms in total. The fourth-order valence-electron chi connectivity index (χ4n) is 1.69. The fraction of sp³-hybridized carbons (Fsp3) is 0.167. The Kier molecular flexibility index (Phi) is 2.37. The maximum absolute atomic E-state index is 11.6. The lowest BCUT2D eigenvalue weighted by Gasteiger charge is -2.14. The molecule has 0 saturated carbocycles. The van der Waals surface area contributed by atoms with E-state index >= 15 is 0 Å². The molecule has 0 saturated heterocycles. The molecule has 0 atom stereocenters. The molecule has 0 fully saturated rings. The molecule has 0 aromatic heterocycles. The Balaban J connectivity index is 2.38. The van der Waals surface area contributed by atoms with Crippen LogP contribution in [0.2, 0.25) is 0 Å². The van der Waals surface area contributed by atoms with Gasteiger partial charge in [0.25, 0.3) is 11.7 Å². The number of carbonyl (C=O) groups is 2. The van der Waals surface area contributed by atoms with E-state index in [0.717, 1.165) is 0 Å². The first-order valence-electron chi connectivity index (χ1n) is 4.82. The average Bonchev–Trinajstić information content (AvgIpc) is 2.51. The molecule has 1 heterocycles. The maximum atomic E-state index is 11.6. The van der Waals surface area contributed by atoms with Crippen LogP contribution in [0.4, 0.5) is 5.69 Å². The third-order valence-corrected chi connectivity index (χ3v) is 2.44. The minimum atomic E-state index is -0.432. The summed E-state index contributed by atoms with van der Waals surface area (Å²) in [5, 5.41) is 0. The van der Waals surface area contributed by atoms with Crippen LogP contribution in [-0.4, -0.2) is 18.2 Å². The van der Waals surface area contributed by atoms with Crippen molar-refractivity contribution < 1.29 is 9.59 Å². The van der Waals surface area contributed by atoms with Gasteiger partial charge in [0.15, 0.2) is 0 Å². The molecule has 1 amide bonds. The Morgan fingerprint density at radius 1 is 1.27 bits per heavy atom. The van der Waals surface area contributed by atoms with Crippen LogP contribution in [0.15, 0.2) is 36.9 Å². The van der Waals surface area contributed by atoms with Crippen LogP contribution >= 0.6 is 0 Å². The Hall–Kier alpha value is -1.90. The Morgan fingerprint density at radius 2 is 2.00 bits per heavy atom. The molecule has 0 bridgehead atoms. The molecule has 0 N–H and O–H groups in total. The SMILES string of the molecule is C=CCCN1C(=O)C(=O)c2ccccc21. The number of hydrogen-bond donors (Lipinski definition) is 0. The molecule has 0 radical (unpaired) electrons. The molecular weight excluding hydrogens is 190 g/mol. The summed E-state index contributed by atoms with van der Waals surface area (Å²) in [6.45, 7) is 4.12. The zero-order valence-corrected chi connectivity index (χ0v) is 8.27. The van der Waals surface area contributed by atoms with Gasteiger partial charge < -0.3 is 4.90 Å². The number of ketones is 1. The van der Waals surface area contributed by atoms with E-state index in [-0.39, 0.29) is 0 Å². The standard InChI is InChI=1S/C12H11NO2/c1-2-3-8-13-10-7-5-4-6-9(10)11(14)12(13)15/h2,4-7H,1,3,8H2. The molecule has 76 valence electrons. The van der Waals surface area contributed by atoms with E-state index < -0.39 is 11.7 Å². The monoisotopic (exact) mass is 201 g/mol. The van der Waals surface area contributed by atoms with E-state index in [1.54, 1.807) is 24.3 Å². The highest BCUT2D eigenvalue weighted by molar-refractivity contribution is 6.52. The van der Waals surface area contributed by atoms with Gasteiger partial charge in [-0.05, 0) is 18.6 Å². The quantitative estimate of drug-likeness (QED) is 0.552. The molecule has 0 unspecified atom stereocenters. The summed E-state index contributed by atoms with van der Waals surface area (Å²) in [5.74, 6) is -0.840. The first-order valence-corrected chi connectivity index (χ1v) is 4.82.